The van der Waals surface area contributed by atoms with Gasteiger partial charge in [0.25, 0.3) is 0 Å². The lowest BCUT2D eigenvalue weighted by Gasteiger charge is -2.11. The van der Waals surface area contributed by atoms with Crippen LogP contribution in [0.3, 0.4) is 0 Å². The third-order valence-electron chi connectivity index (χ3n) is 4.76. The third kappa shape index (κ3) is 7.25. The molecule has 0 amide bonds. The standard InChI is InChI=1S/C12H13F3N4O.C6H10.C2H6.CH4/c1-7(2)19-4-3-9(18-19)8-5-10(11(16)17-6-8)20-12(13,14)15;1-2-5-4-6(5)3-1;1-2;/h3-7H,1-2H3,(H2,16,17);5-6H,1-4H2;1-2H3;1H4/t;5-,6?;;/m.1../s1. The Morgan fingerprint density at radius 3 is 2.24 bits per heavy atom. The van der Waals surface area contributed by atoms with Crippen LogP contribution >= 0.6 is 0 Å². The summed E-state index contributed by atoms with van der Waals surface area (Å²) in [6.45, 7) is 7.88. The summed E-state index contributed by atoms with van der Waals surface area (Å²) in [5, 5.41) is 4.25. The molecular weight excluding hydrogens is 381 g/mol. The van der Waals surface area contributed by atoms with Crippen LogP contribution in [-0.4, -0.2) is 21.1 Å². The Balaban J connectivity index is 0.000000388. The number of aromatic nitrogens is 3. The molecule has 1 unspecified atom stereocenters. The van der Waals surface area contributed by atoms with E-state index in [1.165, 1.54) is 30.5 Å². The Hall–Kier alpha value is -2.25. The normalized spacial score (nSPS) is 19.2. The molecule has 0 spiro atoms. The summed E-state index contributed by atoms with van der Waals surface area (Å²) in [6, 6.07) is 3.00. The van der Waals surface area contributed by atoms with Crippen LogP contribution in [0.1, 0.15) is 66.8 Å². The Kier molecular flexibility index (Phi) is 8.98. The first-order valence-electron chi connectivity index (χ1n) is 9.79. The van der Waals surface area contributed by atoms with E-state index in [0.29, 0.717) is 11.3 Å². The molecular formula is C21H33F3N4O. The number of halogens is 3. The lowest BCUT2D eigenvalue weighted by atomic mass is 10.2. The summed E-state index contributed by atoms with van der Waals surface area (Å²) in [5.41, 5.74) is 6.27. The molecule has 4 rings (SSSR count). The van der Waals surface area contributed by atoms with Gasteiger partial charge in [0.15, 0.2) is 11.6 Å². The summed E-state index contributed by atoms with van der Waals surface area (Å²) in [5.74, 6) is 1.57. The van der Waals surface area contributed by atoms with Crippen molar-refractivity contribution in [3.05, 3.63) is 24.5 Å². The Morgan fingerprint density at radius 1 is 1.21 bits per heavy atom. The summed E-state index contributed by atoms with van der Waals surface area (Å²) in [4.78, 5) is 3.70. The minimum Gasteiger partial charge on any atom is -0.402 e. The van der Waals surface area contributed by atoms with Gasteiger partial charge in [0.05, 0.1) is 5.69 Å². The highest BCUT2D eigenvalue weighted by Gasteiger charge is 2.40. The van der Waals surface area contributed by atoms with E-state index in [1.54, 1.807) is 36.2 Å². The number of nitrogens with two attached hydrogens (primary N) is 1. The highest BCUT2D eigenvalue weighted by molar-refractivity contribution is 5.63. The number of hydrogen-bond acceptors (Lipinski definition) is 4. The molecule has 2 aromatic heterocycles. The van der Waals surface area contributed by atoms with E-state index in [2.05, 4.69) is 14.8 Å². The summed E-state index contributed by atoms with van der Waals surface area (Å²) < 4.78 is 42.2. The van der Waals surface area contributed by atoms with Crippen molar-refractivity contribution in [1.29, 1.82) is 0 Å². The Morgan fingerprint density at radius 2 is 1.83 bits per heavy atom. The van der Waals surface area contributed by atoms with Gasteiger partial charge in [-0.3, -0.25) is 4.68 Å². The fraction of sp³-hybridized carbons (Fsp3) is 0.619. The molecule has 8 heteroatoms. The number of anilines is 1. The van der Waals surface area contributed by atoms with Gasteiger partial charge in [0.2, 0.25) is 0 Å². The van der Waals surface area contributed by atoms with Gasteiger partial charge >= 0.3 is 6.36 Å². The molecule has 2 aliphatic rings. The number of pyridine rings is 1. The Bertz CT molecular complexity index is 751. The number of rotatable bonds is 3. The number of alkyl halides is 3. The fourth-order valence-electron chi connectivity index (χ4n) is 3.24. The maximum absolute atomic E-state index is 12.2. The molecule has 2 heterocycles. The average Bonchev–Trinajstić information content (AvgIpc) is 3.04. The first-order valence-corrected chi connectivity index (χ1v) is 9.79. The lowest BCUT2D eigenvalue weighted by Crippen LogP contribution is -2.18. The van der Waals surface area contributed by atoms with Crippen LogP contribution in [0.4, 0.5) is 19.0 Å². The predicted octanol–water partition coefficient (Wildman–Crippen LogP) is 6.48. The van der Waals surface area contributed by atoms with Gasteiger partial charge in [0, 0.05) is 24.0 Å². The van der Waals surface area contributed by atoms with Crippen molar-refractivity contribution in [3.63, 3.8) is 0 Å². The van der Waals surface area contributed by atoms with Crippen molar-refractivity contribution in [2.24, 2.45) is 11.8 Å². The second kappa shape index (κ2) is 10.5. The topological polar surface area (TPSA) is 66.0 Å². The maximum Gasteiger partial charge on any atom is 0.573 e. The average molecular weight is 415 g/mol. The fourth-order valence-corrected chi connectivity index (χ4v) is 3.24. The largest absolute Gasteiger partial charge is 0.573 e. The maximum atomic E-state index is 12.2. The minimum atomic E-state index is -4.81. The van der Waals surface area contributed by atoms with E-state index >= 15 is 0 Å². The Labute approximate surface area is 171 Å². The van der Waals surface area contributed by atoms with Crippen LogP contribution < -0.4 is 10.5 Å². The number of nitrogen functional groups attached to an aromatic ring is 1. The molecule has 2 aromatic rings. The zero-order valence-corrected chi connectivity index (χ0v) is 16.8. The van der Waals surface area contributed by atoms with Gasteiger partial charge in [-0.25, -0.2) is 4.98 Å². The van der Waals surface area contributed by atoms with E-state index in [1.807, 2.05) is 27.7 Å². The number of hydrogen-bond donors (Lipinski definition) is 1. The molecule has 2 saturated carbocycles. The smallest absolute Gasteiger partial charge is 0.402 e. The highest BCUT2D eigenvalue weighted by Crippen LogP contribution is 2.51. The molecule has 29 heavy (non-hydrogen) atoms. The van der Waals surface area contributed by atoms with Crippen molar-refractivity contribution in [1.82, 2.24) is 14.8 Å². The van der Waals surface area contributed by atoms with E-state index in [-0.39, 0.29) is 19.3 Å². The molecule has 0 aliphatic heterocycles. The van der Waals surface area contributed by atoms with Gasteiger partial charge in [-0.2, -0.15) is 5.10 Å². The zero-order chi connectivity index (χ0) is 20.9. The molecule has 2 N–H and O–H groups in total. The molecule has 2 fully saturated rings. The van der Waals surface area contributed by atoms with Gasteiger partial charge in [-0.1, -0.05) is 40.5 Å². The monoisotopic (exact) mass is 414 g/mol. The van der Waals surface area contributed by atoms with Crippen LogP contribution in [0.15, 0.2) is 24.5 Å². The first-order chi connectivity index (χ1) is 13.2. The predicted molar refractivity (Wildman–Crippen MR) is 110 cm³/mol. The molecule has 0 aromatic carbocycles. The van der Waals surface area contributed by atoms with E-state index < -0.39 is 12.1 Å². The molecule has 2 atom stereocenters. The highest BCUT2D eigenvalue weighted by atomic mass is 19.4. The molecule has 0 radical (unpaired) electrons. The molecule has 0 bridgehead atoms. The molecule has 5 nitrogen and oxygen atoms in total. The van der Waals surface area contributed by atoms with Crippen LogP contribution in [0.25, 0.3) is 11.3 Å². The first kappa shape index (κ1) is 24.8. The van der Waals surface area contributed by atoms with E-state index in [0.717, 1.165) is 0 Å². The zero-order valence-electron chi connectivity index (χ0n) is 16.8. The van der Waals surface area contributed by atoms with Gasteiger partial charge in [0.1, 0.15) is 0 Å². The van der Waals surface area contributed by atoms with Crippen LogP contribution in [0, 0.1) is 11.8 Å². The van der Waals surface area contributed by atoms with Crippen LogP contribution in [-0.2, 0) is 0 Å². The summed E-state index contributed by atoms with van der Waals surface area (Å²) in [7, 11) is 0. The van der Waals surface area contributed by atoms with Crippen LogP contribution in [0.5, 0.6) is 5.75 Å². The third-order valence-corrected chi connectivity index (χ3v) is 4.76. The molecule has 0 saturated heterocycles. The molecule has 2 aliphatic carbocycles. The van der Waals surface area contributed by atoms with Crippen molar-refractivity contribution in [2.45, 2.75) is 73.2 Å². The quantitative estimate of drug-likeness (QED) is 0.624. The van der Waals surface area contributed by atoms with E-state index in [9.17, 15) is 13.2 Å². The summed E-state index contributed by atoms with van der Waals surface area (Å²) in [6.07, 6.45) is 4.52. The van der Waals surface area contributed by atoms with Crippen molar-refractivity contribution in [2.75, 3.05) is 5.73 Å². The van der Waals surface area contributed by atoms with Crippen molar-refractivity contribution < 1.29 is 17.9 Å². The van der Waals surface area contributed by atoms with Crippen LogP contribution in [0.2, 0.25) is 0 Å². The van der Waals surface area contributed by atoms with Gasteiger partial charge in [-0.05, 0) is 44.2 Å². The minimum absolute atomic E-state index is 0. The van der Waals surface area contributed by atoms with E-state index in [4.69, 9.17) is 5.73 Å². The second-order valence-electron chi connectivity index (χ2n) is 7.12. The van der Waals surface area contributed by atoms with Gasteiger partial charge in [-0.15, -0.1) is 13.2 Å². The molecule has 164 valence electrons. The lowest BCUT2D eigenvalue weighted by molar-refractivity contribution is -0.274. The summed E-state index contributed by atoms with van der Waals surface area (Å²) >= 11 is 0. The second-order valence-corrected chi connectivity index (χ2v) is 7.12. The van der Waals surface area contributed by atoms with Crippen molar-refractivity contribution >= 4 is 5.82 Å². The number of nitrogens with zero attached hydrogens (tertiary/aromatic N) is 3. The van der Waals surface area contributed by atoms with Crippen molar-refractivity contribution in [3.8, 4) is 17.0 Å². The SMILES string of the molecule is C.C1CC2C[C@H]2C1.CC.CC(C)n1ccc(-c2cnc(N)c(OC(F)(F)F)c2)n1. The number of fused-ring (bicyclic) bond motifs is 1. The number of ether oxygens (including phenoxy) is 1. The van der Waals surface area contributed by atoms with Gasteiger partial charge < -0.3 is 10.5 Å².